The maximum atomic E-state index is 10.1. The third-order valence-corrected chi connectivity index (χ3v) is 2.63. The standard InChI is InChI=1S/C11H22O/c1-4-10(2)7-8-11(3)6-5-9-12/h9-11H,4-8H2,1-3H3. The third kappa shape index (κ3) is 6.38. The van der Waals surface area contributed by atoms with Gasteiger partial charge in [-0.3, -0.25) is 0 Å². The molecule has 0 rings (SSSR count). The first-order chi connectivity index (χ1) is 5.70. The minimum absolute atomic E-state index is 0.726. The molecular formula is C11H22O. The molecule has 0 aromatic carbocycles. The highest BCUT2D eigenvalue weighted by atomic mass is 16.1. The van der Waals surface area contributed by atoms with Crippen LogP contribution < -0.4 is 0 Å². The molecule has 0 heterocycles. The smallest absolute Gasteiger partial charge is 0.120 e. The molecule has 2 unspecified atom stereocenters. The lowest BCUT2D eigenvalue weighted by molar-refractivity contribution is -0.108. The number of hydrogen-bond donors (Lipinski definition) is 0. The van der Waals surface area contributed by atoms with Crippen molar-refractivity contribution >= 4 is 6.29 Å². The molecule has 0 spiro atoms. The van der Waals surface area contributed by atoms with E-state index < -0.39 is 0 Å². The van der Waals surface area contributed by atoms with E-state index in [1.165, 1.54) is 19.3 Å². The lowest BCUT2D eigenvalue weighted by Gasteiger charge is -2.12. The summed E-state index contributed by atoms with van der Waals surface area (Å²) in [4.78, 5) is 10.1. The van der Waals surface area contributed by atoms with Crippen molar-refractivity contribution in [2.75, 3.05) is 0 Å². The normalized spacial score (nSPS) is 15.6. The molecule has 1 heteroatoms. The molecule has 0 radical (unpaired) electrons. The zero-order chi connectivity index (χ0) is 9.40. The highest BCUT2D eigenvalue weighted by Crippen LogP contribution is 2.17. The van der Waals surface area contributed by atoms with Crippen molar-refractivity contribution in [3.8, 4) is 0 Å². The summed E-state index contributed by atoms with van der Waals surface area (Å²) < 4.78 is 0. The van der Waals surface area contributed by atoms with Crippen LogP contribution in [-0.2, 0) is 4.79 Å². The summed E-state index contributed by atoms with van der Waals surface area (Å²) >= 11 is 0. The molecule has 1 nitrogen and oxygen atoms in total. The summed E-state index contributed by atoms with van der Waals surface area (Å²) in [6.07, 6.45) is 6.71. The monoisotopic (exact) mass is 170 g/mol. The van der Waals surface area contributed by atoms with Crippen LogP contribution in [0.2, 0.25) is 0 Å². The molecule has 0 aromatic rings. The van der Waals surface area contributed by atoms with E-state index in [9.17, 15) is 4.79 Å². The second-order valence-corrected chi connectivity index (χ2v) is 3.94. The summed E-state index contributed by atoms with van der Waals surface area (Å²) in [6.45, 7) is 6.78. The van der Waals surface area contributed by atoms with E-state index >= 15 is 0 Å². The highest BCUT2D eigenvalue weighted by molar-refractivity contribution is 5.49. The molecule has 0 aromatic heterocycles. The van der Waals surface area contributed by atoms with Gasteiger partial charge in [0.25, 0.3) is 0 Å². The van der Waals surface area contributed by atoms with Gasteiger partial charge >= 0.3 is 0 Å². The van der Waals surface area contributed by atoms with Crippen molar-refractivity contribution in [1.82, 2.24) is 0 Å². The molecular weight excluding hydrogens is 148 g/mol. The Kier molecular flexibility index (Phi) is 7.12. The topological polar surface area (TPSA) is 17.1 Å². The first kappa shape index (κ1) is 11.7. The maximum absolute atomic E-state index is 10.1. The second-order valence-electron chi connectivity index (χ2n) is 3.94. The number of carbonyl (C=O) groups excluding carboxylic acids is 1. The van der Waals surface area contributed by atoms with Gasteiger partial charge in [-0.1, -0.05) is 40.0 Å². The average Bonchev–Trinajstić information content (AvgIpc) is 2.10. The van der Waals surface area contributed by atoms with Gasteiger partial charge in [-0.15, -0.1) is 0 Å². The van der Waals surface area contributed by atoms with Gasteiger partial charge in [-0.05, 0) is 18.3 Å². The first-order valence-corrected chi connectivity index (χ1v) is 5.14. The molecule has 0 fully saturated rings. The number of hydrogen-bond acceptors (Lipinski definition) is 1. The van der Waals surface area contributed by atoms with E-state index in [1.54, 1.807) is 0 Å². The van der Waals surface area contributed by atoms with E-state index in [2.05, 4.69) is 20.8 Å². The summed E-state index contributed by atoms with van der Waals surface area (Å²) in [5, 5.41) is 0. The lowest BCUT2D eigenvalue weighted by atomic mass is 9.94. The van der Waals surface area contributed by atoms with E-state index in [0.717, 1.165) is 31.0 Å². The molecule has 0 saturated heterocycles. The SMILES string of the molecule is CCC(C)CCC(C)CCC=O. The Morgan fingerprint density at radius 2 is 1.67 bits per heavy atom. The van der Waals surface area contributed by atoms with Crippen LogP contribution >= 0.6 is 0 Å². The van der Waals surface area contributed by atoms with Gasteiger partial charge in [0.05, 0.1) is 0 Å². The van der Waals surface area contributed by atoms with E-state index in [0.29, 0.717) is 0 Å². The minimum Gasteiger partial charge on any atom is -0.303 e. The fraction of sp³-hybridized carbons (Fsp3) is 0.909. The van der Waals surface area contributed by atoms with Gasteiger partial charge < -0.3 is 4.79 Å². The Morgan fingerprint density at radius 1 is 1.08 bits per heavy atom. The summed E-state index contributed by atoms with van der Waals surface area (Å²) in [7, 11) is 0. The molecule has 12 heavy (non-hydrogen) atoms. The molecule has 0 aliphatic carbocycles. The molecule has 0 aliphatic heterocycles. The lowest BCUT2D eigenvalue weighted by Crippen LogP contribution is -1.99. The molecule has 0 N–H and O–H groups in total. The highest BCUT2D eigenvalue weighted by Gasteiger charge is 2.04. The van der Waals surface area contributed by atoms with Crippen LogP contribution in [0.4, 0.5) is 0 Å². The number of carbonyl (C=O) groups is 1. The van der Waals surface area contributed by atoms with Gasteiger partial charge in [0.1, 0.15) is 6.29 Å². The Morgan fingerprint density at radius 3 is 2.17 bits per heavy atom. The first-order valence-electron chi connectivity index (χ1n) is 5.14. The largest absolute Gasteiger partial charge is 0.303 e. The van der Waals surface area contributed by atoms with Crippen LogP contribution in [0.3, 0.4) is 0 Å². The Bertz CT molecular complexity index is 110. The van der Waals surface area contributed by atoms with Gasteiger partial charge in [0.2, 0.25) is 0 Å². The van der Waals surface area contributed by atoms with Crippen molar-refractivity contribution in [1.29, 1.82) is 0 Å². The maximum Gasteiger partial charge on any atom is 0.120 e. The minimum atomic E-state index is 0.726. The van der Waals surface area contributed by atoms with Crippen molar-refractivity contribution < 1.29 is 4.79 Å². The number of rotatable bonds is 7. The zero-order valence-corrected chi connectivity index (χ0v) is 8.68. The van der Waals surface area contributed by atoms with Gasteiger partial charge in [0, 0.05) is 6.42 Å². The molecule has 0 aliphatic rings. The quantitative estimate of drug-likeness (QED) is 0.535. The fourth-order valence-corrected chi connectivity index (χ4v) is 1.27. The Labute approximate surface area is 76.6 Å². The van der Waals surface area contributed by atoms with E-state index in [1.807, 2.05) is 0 Å². The Balaban J connectivity index is 3.29. The van der Waals surface area contributed by atoms with Crippen LogP contribution in [0.1, 0.15) is 52.9 Å². The third-order valence-electron chi connectivity index (χ3n) is 2.63. The number of aldehydes is 1. The fourth-order valence-electron chi connectivity index (χ4n) is 1.27. The van der Waals surface area contributed by atoms with E-state index in [-0.39, 0.29) is 0 Å². The van der Waals surface area contributed by atoms with Crippen LogP contribution in [0.25, 0.3) is 0 Å². The van der Waals surface area contributed by atoms with Crippen molar-refractivity contribution in [3.05, 3.63) is 0 Å². The van der Waals surface area contributed by atoms with Crippen LogP contribution in [0.5, 0.6) is 0 Å². The van der Waals surface area contributed by atoms with Crippen LogP contribution in [0, 0.1) is 11.8 Å². The van der Waals surface area contributed by atoms with Crippen molar-refractivity contribution in [2.45, 2.75) is 52.9 Å². The van der Waals surface area contributed by atoms with Crippen LogP contribution in [-0.4, -0.2) is 6.29 Å². The summed E-state index contributed by atoms with van der Waals surface area (Å²) in [5.41, 5.74) is 0. The Hall–Kier alpha value is -0.330. The van der Waals surface area contributed by atoms with Gasteiger partial charge in [-0.25, -0.2) is 0 Å². The molecule has 2 atom stereocenters. The van der Waals surface area contributed by atoms with E-state index in [4.69, 9.17) is 0 Å². The van der Waals surface area contributed by atoms with Crippen molar-refractivity contribution in [2.24, 2.45) is 11.8 Å². The summed E-state index contributed by atoms with van der Waals surface area (Å²) in [6, 6.07) is 0. The molecule has 0 saturated carbocycles. The van der Waals surface area contributed by atoms with Crippen LogP contribution in [0.15, 0.2) is 0 Å². The summed E-state index contributed by atoms with van der Waals surface area (Å²) in [5.74, 6) is 1.58. The zero-order valence-electron chi connectivity index (χ0n) is 8.68. The second kappa shape index (κ2) is 7.33. The molecule has 0 amide bonds. The average molecular weight is 170 g/mol. The predicted molar refractivity (Wildman–Crippen MR) is 53.2 cm³/mol. The van der Waals surface area contributed by atoms with Gasteiger partial charge in [0.15, 0.2) is 0 Å². The molecule has 0 bridgehead atoms. The molecule has 72 valence electrons. The predicted octanol–water partition coefficient (Wildman–Crippen LogP) is 3.43. The van der Waals surface area contributed by atoms with Gasteiger partial charge in [-0.2, -0.15) is 0 Å². The van der Waals surface area contributed by atoms with Crippen molar-refractivity contribution in [3.63, 3.8) is 0 Å².